The number of benzene rings is 1. The number of nitrogens with one attached hydrogen (secondary N) is 2. The van der Waals surface area contributed by atoms with Crippen LogP contribution in [0.5, 0.6) is 0 Å². The highest BCUT2D eigenvalue weighted by atomic mass is 19.1. The van der Waals surface area contributed by atoms with Gasteiger partial charge in [-0.1, -0.05) is 18.2 Å². The fourth-order valence-electron chi connectivity index (χ4n) is 2.62. The second-order valence-corrected chi connectivity index (χ2v) is 5.96. The third kappa shape index (κ3) is 5.21. The predicted octanol–water partition coefficient (Wildman–Crippen LogP) is 1.29. The van der Waals surface area contributed by atoms with Gasteiger partial charge in [0.1, 0.15) is 11.6 Å². The van der Waals surface area contributed by atoms with Gasteiger partial charge in [0.25, 0.3) is 5.91 Å². The van der Waals surface area contributed by atoms with Crippen LogP contribution in [0.3, 0.4) is 0 Å². The van der Waals surface area contributed by atoms with E-state index in [0.717, 1.165) is 32.8 Å². The smallest absolute Gasteiger partial charge is 0.271 e. The van der Waals surface area contributed by atoms with Crippen molar-refractivity contribution in [3.8, 4) is 0 Å². The lowest BCUT2D eigenvalue weighted by atomic mass is 10.2. The third-order valence-corrected chi connectivity index (χ3v) is 4.13. The van der Waals surface area contributed by atoms with Crippen molar-refractivity contribution >= 4 is 11.7 Å². The largest absolute Gasteiger partial charge is 0.379 e. The van der Waals surface area contributed by atoms with E-state index in [-0.39, 0.29) is 17.4 Å². The number of carbonyl (C=O) groups is 1. The number of rotatable bonds is 7. The second-order valence-electron chi connectivity index (χ2n) is 5.96. The molecule has 0 spiro atoms. The van der Waals surface area contributed by atoms with Crippen molar-refractivity contribution in [2.24, 2.45) is 0 Å². The van der Waals surface area contributed by atoms with E-state index in [1.54, 1.807) is 30.3 Å². The average Bonchev–Trinajstić information content (AvgIpc) is 2.68. The van der Waals surface area contributed by atoms with Crippen LogP contribution in [-0.4, -0.2) is 60.4 Å². The van der Waals surface area contributed by atoms with Crippen LogP contribution >= 0.6 is 0 Å². The maximum atomic E-state index is 13.6. The normalized spacial score (nSPS) is 14.8. The fraction of sp³-hybridized carbons (Fsp3) is 0.389. The first-order chi connectivity index (χ1) is 12.7. The lowest BCUT2D eigenvalue weighted by Gasteiger charge is -2.26. The lowest BCUT2D eigenvalue weighted by molar-refractivity contribution is 0.0383. The molecule has 1 amide bonds. The molecule has 1 aromatic heterocycles. The van der Waals surface area contributed by atoms with E-state index in [1.165, 1.54) is 6.07 Å². The van der Waals surface area contributed by atoms with E-state index >= 15 is 0 Å². The van der Waals surface area contributed by atoms with Gasteiger partial charge < -0.3 is 15.4 Å². The Morgan fingerprint density at radius 1 is 1.15 bits per heavy atom. The number of halogens is 1. The van der Waals surface area contributed by atoms with Crippen molar-refractivity contribution in [3.05, 3.63) is 53.5 Å². The van der Waals surface area contributed by atoms with Gasteiger partial charge in [-0.3, -0.25) is 9.69 Å². The van der Waals surface area contributed by atoms with E-state index in [0.29, 0.717) is 24.5 Å². The maximum Gasteiger partial charge on any atom is 0.271 e. The molecular weight excluding hydrogens is 337 g/mol. The van der Waals surface area contributed by atoms with Gasteiger partial charge >= 0.3 is 0 Å². The number of aromatic nitrogens is 2. The van der Waals surface area contributed by atoms with Crippen LogP contribution in [0.25, 0.3) is 0 Å². The molecule has 3 rings (SSSR count). The van der Waals surface area contributed by atoms with Gasteiger partial charge in [0.05, 0.1) is 13.2 Å². The minimum Gasteiger partial charge on any atom is -0.379 e. The predicted molar refractivity (Wildman–Crippen MR) is 95.4 cm³/mol. The van der Waals surface area contributed by atoms with Gasteiger partial charge in [-0.2, -0.15) is 0 Å². The summed E-state index contributed by atoms with van der Waals surface area (Å²) in [4.78, 5) is 14.3. The molecule has 26 heavy (non-hydrogen) atoms. The quantitative estimate of drug-likeness (QED) is 0.776. The monoisotopic (exact) mass is 359 g/mol. The minimum atomic E-state index is -0.274. The summed E-state index contributed by atoms with van der Waals surface area (Å²) in [6, 6.07) is 9.78. The third-order valence-electron chi connectivity index (χ3n) is 4.13. The van der Waals surface area contributed by atoms with E-state index in [2.05, 4.69) is 25.7 Å². The molecule has 0 bridgehead atoms. The van der Waals surface area contributed by atoms with Crippen molar-refractivity contribution in [3.63, 3.8) is 0 Å². The van der Waals surface area contributed by atoms with Crippen molar-refractivity contribution < 1.29 is 13.9 Å². The highest BCUT2D eigenvalue weighted by molar-refractivity contribution is 5.92. The van der Waals surface area contributed by atoms with Crippen LogP contribution in [0.2, 0.25) is 0 Å². The fourth-order valence-corrected chi connectivity index (χ4v) is 2.62. The van der Waals surface area contributed by atoms with Crippen LogP contribution in [0.4, 0.5) is 10.2 Å². The molecule has 2 aromatic rings. The Morgan fingerprint density at radius 3 is 2.69 bits per heavy atom. The Kier molecular flexibility index (Phi) is 6.45. The Morgan fingerprint density at radius 2 is 1.96 bits per heavy atom. The number of amides is 1. The number of anilines is 1. The SMILES string of the molecule is O=C(NCCN1CCOCC1)c1ccc(NCc2ccccc2F)nn1. The van der Waals surface area contributed by atoms with Crippen LogP contribution in [0.15, 0.2) is 36.4 Å². The molecule has 8 heteroatoms. The first-order valence-electron chi connectivity index (χ1n) is 8.62. The summed E-state index contributed by atoms with van der Waals surface area (Å²) >= 11 is 0. The van der Waals surface area contributed by atoms with Crippen LogP contribution in [0.1, 0.15) is 16.1 Å². The summed E-state index contributed by atoms with van der Waals surface area (Å²) in [6.45, 7) is 4.88. The van der Waals surface area contributed by atoms with Gasteiger partial charge in [0.15, 0.2) is 5.69 Å². The van der Waals surface area contributed by atoms with E-state index in [1.807, 2.05) is 0 Å². The molecule has 2 N–H and O–H groups in total. The topological polar surface area (TPSA) is 79.4 Å². The number of ether oxygens (including phenoxy) is 1. The van der Waals surface area contributed by atoms with Crippen molar-refractivity contribution in [2.45, 2.75) is 6.54 Å². The van der Waals surface area contributed by atoms with Gasteiger partial charge in [-0.25, -0.2) is 4.39 Å². The van der Waals surface area contributed by atoms with Crippen molar-refractivity contribution in [1.29, 1.82) is 0 Å². The number of hydrogen-bond donors (Lipinski definition) is 2. The van der Waals surface area contributed by atoms with E-state index in [4.69, 9.17) is 4.74 Å². The zero-order valence-corrected chi connectivity index (χ0v) is 14.4. The molecule has 1 saturated heterocycles. The molecule has 0 atom stereocenters. The molecule has 1 aromatic carbocycles. The maximum absolute atomic E-state index is 13.6. The first kappa shape index (κ1) is 18.2. The molecule has 1 aliphatic heterocycles. The Balaban J connectivity index is 1.44. The molecule has 0 radical (unpaired) electrons. The zero-order valence-electron chi connectivity index (χ0n) is 14.4. The molecule has 0 saturated carbocycles. The van der Waals surface area contributed by atoms with Gasteiger partial charge in [0, 0.05) is 38.3 Å². The Bertz CT molecular complexity index is 720. The van der Waals surface area contributed by atoms with Crippen molar-refractivity contribution in [1.82, 2.24) is 20.4 Å². The summed E-state index contributed by atoms with van der Waals surface area (Å²) < 4.78 is 18.9. The summed E-state index contributed by atoms with van der Waals surface area (Å²) in [6.07, 6.45) is 0. The molecule has 0 unspecified atom stereocenters. The van der Waals surface area contributed by atoms with Gasteiger partial charge in [-0.05, 0) is 18.2 Å². The molecule has 1 aliphatic rings. The lowest BCUT2D eigenvalue weighted by Crippen LogP contribution is -2.41. The molecule has 0 aliphatic carbocycles. The molecule has 138 valence electrons. The van der Waals surface area contributed by atoms with Gasteiger partial charge in [-0.15, -0.1) is 10.2 Å². The van der Waals surface area contributed by atoms with Crippen LogP contribution < -0.4 is 10.6 Å². The van der Waals surface area contributed by atoms with Crippen LogP contribution in [-0.2, 0) is 11.3 Å². The first-order valence-corrected chi connectivity index (χ1v) is 8.62. The number of nitrogens with zero attached hydrogens (tertiary/aromatic N) is 3. The summed E-state index contributed by atoms with van der Waals surface area (Å²) in [5.74, 6) is -0.0474. The molecule has 7 nitrogen and oxygen atoms in total. The highest BCUT2D eigenvalue weighted by Crippen LogP contribution is 2.09. The molecule has 1 fully saturated rings. The van der Waals surface area contributed by atoms with Gasteiger partial charge in [0.2, 0.25) is 0 Å². The zero-order chi connectivity index (χ0) is 18.2. The van der Waals surface area contributed by atoms with E-state index in [9.17, 15) is 9.18 Å². The standard InChI is InChI=1S/C18H22FN5O2/c19-15-4-2-1-3-14(15)13-21-17-6-5-16(22-23-17)18(25)20-7-8-24-9-11-26-12-10-24/h1-6H,7-13H2,(H,20,25)(H,21,23). The van der Waals surface area contributed by atoms with E-state index < -0.39 is 0 Å². The number of hydrogen-bond acceptors (Lipinski definition) is 6. The number of morpholine rings is 1. The van der Waals surface area contributed by atoms with Crippen LogP contribution in [0, 0.1) is 5.82 Å². The highest BCUT2D eigenvalue weighted by Gasteiger charge is 2.12. The second kappa shape index (κ2) is 9.21. The summed E-state index contributed by atoms with van der Waals surface area (Å²) in [5, 5.41) is 13.7. The minimum absolute atomic E-state index is 0.253. The molecule has 2 heterocycles. The Labute approximate surface area is 151 Å². The molecular formula is C18H22FN5O2. The average molecular weight is 359 g/mol. The number of carbonyl (C=O) groups excluding carboxylic acids is 1. The summed E-state index contributed by atoms with van der Waals surface area (Å²) in [5.41, 5.74) is 0.794. The van der Waals surface area contributed by atoms with Crippen molar-refractivity contribution in [2.75, 3.05) is 44.7 Å². The Hall–Kier alpha value is -2.58. The summed E-state index contributed by atoms with van der Waals surface area (Å²) in [7, 11) is 0.